The van der Waals surface area contributed by atoms with Gasteiger partial charge in [0, 0.05) is 19.3 Å². The molecule has 0 radical (unpaired) electrons. The minimum absolute atomic E-state index is 0.0640. The number of carbonyl (C=O) groups is 3. The molecule has 0 aliphatic heterocycles. The molecule has 0 heterocycles. The van der Waals surface area contributed by atoms with Crippen LogP contribution in [-0.2, 0) is 28.6 Å². The highest BCUT2D eigenvalue weighted by Crippen LogP contribution is 2.17. The molecule has 0 aliphatic rings. The summed E-state index contributed by atoms with van der Waals surface area (Å²) in [4.78, 5) is 37.9. The van der Waals surface area contributed by atoms with Gasteiger partial charge in [-0.1, -0.05) is 247 Å². The average Bonchev–Trinajstić information content (AvgIpc) is 3.19. The summed E-state index contributed by atoms with van der Waals surface area (Å²) < 4.78 is 16.8. The molecule has 0 fully saturated rings. The zero-order chi connectivity index (χ0) is 42.6. The maximum Gasteiger partial charge on any atom is 0.306 e. The van der Waals surface area contributed by atoms with Crippen LogP contribution >= 0.6 is 0 Å². The van der Waals surface area contributed by atoms with Crippen molar-refractivity contribution >= 4 is 17.9 Å². The Kier molecular flexibility index (Phi) is 43.7. The Balaban J connectivity index is 4.31. The lowest BCUT2D eigenvalue weighted by Gasteiger charge is -2.18. The number of hydrogen-bond donors (Lipinski definition) is 0. The van der Waals surface area contributed by atoms with Crippen molar-refractivity contribution in [1.29, 1.82) is 0 Å². The minimum Gasteiger partial charge on any atom is -0.462 e. The molecule has 0 N–H and O–H groups in total. The van der Waals surface area contributed by atoms with Gasteiger partial charge in [-0.3, -0.25) is 14.4 Å². The second-order valence-electron chi connectivity index (χ2n) is 18.8. The standard InChI is InChI=1S/C52H100O6/c1-6-7-8-9-10-11-12-13-14-15-16-22-27-32-37-42-50(53)56-45-49(46-57-51(54)43-38-33-28-24-19-21-26-31-36-41-48(4)5)58-52(55)44-39-34-29-23-18-17-20-25-30-35-40-47(2)3/h47-49H,6-46H2,1-5H3/t49-/m0/s1. The van der Waals surface area contributed by atoms with Gasteiger partial charge in [-0.05, 0) is 31.1 Å². The largest absolute Gasteiger partial charge is 0.462 e. The van der Waals surface area contributed by atoms with E-state index in [9.17, 15) is 14.4 Å². The van der Waals surface area contributed by atoms with Crippen LogP contribution in [0, 0.1) is 11.8 Å². The van der Waals surface area contributed by atoms with Crippen molar-refractivity contribution in [2.24, 2.45) is 11.8 Å². The molecule has 0 unspecified atom stereocenters. The topological polar surface area (TPSA) is 78.9 Å². The van der Waals surface area contributed by atoms with Crippen molar-refractivity contribution < 1.29 is 28.6 Å². The monoisotopic (exact) mass is 821 g/mol. The third-order valence-electron chi connectivity index (χ3n) is 11.7. The van der Waals surface area contributed by atoms with E-state index >= 15 is 0 Å². The summed E-state index contributed by atoms with van der Waals surface area (Å²) in [5.41, 5.74) is 0. The van der Waals surface area contributed by atoms with Crippen molar-refractivity contribution in [1.82, 2.24) is 0 Å². The molecule has 344 valence electrons. The van der Waals surface area contributed by atoms with Crippen molar-refractivity contribution in [3.63, 3.8) is 0 Å². The predicted octanol–water partition coefficient (Wildman–Crippen LogP) is 16.5. The van der Waals surface area contributed by atoms with E-state index in [-0.39, 0.29) is 31.1 Å². The van der Waals surface area contributed by atoms with Crippen LogP contribution in [0.3, 0.4) is 0 Å². The van der Waals surface area contributed by atoms with Gasteiger partial charge in [-0.2, -0.15) is 0 Å². The maximum atomic E-state index is 12.8. The zero-order valence-corrected chi connectivity index (χ0v) is 39.7. The van der Waals surface area contributed by atoms with Gasteiger partial charge in [0.05, 0.1) is 0 Å². The number of ether oxygens (including phenoxy) is 3. The van der Waals surface area contributed by atoms with Gasteiger partial charge in [0.1, 0.15) is 13.2 Å². The highest BCUT2D eigenvalue weighted by atomic mass is 16.6. The summed E-state index contributed by atoms with van der Waals surface area (Å²) in [6.07, 6.45) is 45.2. The van der Waals surface area contributed by atoms with Crippen molar-refractivity contribution in [3.8, 4) is 0 Å². The van der Waals surface area contributed by atoms with Crippen LogP contribution in [-0.4, -0.2) is 37.2 Å². The van der Waals surface area contributed by atoms with Crippen LogP contribution in [0.25, 0.3) is 0 Å². The van der Waals surface area contributed by atoms with Crippen molar-refractivity contribution in [2.45, 2.75) is 291 Å². The second kappa shape index (κ2) is 44.9. The van der Waals surface area contributed by atoms with Crippen LogP contribution in [0.5, 0.6) is 0 Å². The van der Waals surface area contributed by atoms with Crippen LogP contribution in [0.15, 0.2) is 0 Å². The lowest BCUT2D eigenvalue weighted by atomic mass is 10.0. The van der Waals surface area contributed by atoms with Gasteiger partial charge in [0.2, 0.25) is 0 Å². The van der Waals surface area contributed by atoms with E-state index in [4.69, 9.17) is 14.2 Å². The lowest BCUT2D eigenvalue weighted by Crippen LogP contribution is -2.30. The molecule has 0 amide bonds. The summed E-state index contributed by atoms with van der Waals surface area (Å²) in [5.74, 6) is 0.775. The minimum atomic E-state index is -0.762. The van der Waals surface area contributed by atoms with Crippen LogP contribution < -0.4 is 0 Å². The Bertz CT molecular complexity index is 885. The van der Waals surface area contributed by atoms with Crippen LogP contribution in [0.2, 0.25) is 0 Å². The molecule has 0 aromatic rings. The fourth-order valence-corrected chi connectivity index (χ4v) is 7.81. The summed E-state index contributed by atoms with van der Waals surface area (Å²) >= 11 is 0. The molecule has 0 aromatic carbocycles. The van der Waals surface area contributed by atoms with Gasteiger partial charge in [0.15, 0.2) is 6.10 Å². The molecule has 58 heavy (non-hydrogen) atoms. The molecule has 0 spiro atoms. The second-order valence-corrected chi connectivity index (χ2v) is 18.8. The molecular formula is C52H100O6. The quantitative estimate of drug-likeness (QED) is 0.0346. The first-order chi connectivity index (χ1) is 28.2. The molecule has 1 atom stereocenters. The fraction of sp³-hybridized carbons (Fsp3) is 0.942. The van der Waals surface area contributed by atoms with Gasteiger partial charge in [-0.25, -0.2) is 0 Å². The van der Waals surface area contributed by atoms with E-state index in [0.717, 1.165) is 69.6 Å². The lowest BCUT2D eigenvalue weighted by molar-refractivity contribution is -0.167. The van der Waals surface area contributed by atoms with Crippen molar-refractivity contribution in [2.75, 3.05) is 13.2 Å². The van der Waals surface area contributed by atoms with Gasteiger partial charge >= 0.3 is 17.9 Å². The highest BCUT2D eigenvalue weighted by Gasteiger charge is 2.19. The Labute approximate surface area is 361 Å². The molecule has 0 saturated carbocycles. The van der Waals surface area contributed by atoms with E-state index in [1.165, 1.54) is 173 Å². The number of hydrogen-bond acceptors (Lipinski definition) is 6. The molecule has 0 rings (SSSR count). The summed E-state index contributed by atoms with van der Waals surface area (Å²) in [6, 6.07) is 0. The number of esters is 3. The SMILES string of the molecule is CCCCCCCCCCCCCCCCCC(=O)OC[C@@H](COC(=O)CCCCCCCCCCCC(C)C)OC(=O)CCCCCCCCCCCCC(C)C. The van der Waals surface area contributed by atoms with E-state index < -0.39 is 6.10 Å². The molecule has 0 aliphatic carbocycles. The third-order valence-corrected chi connectivity index (χ3v) is 11.7. The smallest absolute Gasteiger partial charge is 0.306 e. The molecule has 0 bridgehead atoms. The van der Waals surface area contributed by atoms with Gasteiger partial charge in [0.25, 0.3) is 0 Å². The fourth-order valence-electron chi connectivity index (χ4n) is 7.81. The number of carbonyl (C=O) groups excluding carboxylic acids is 3. The van der Waals surface area contributed by atoms with Gasteiger partial charge < -0.3 is 14.2 Å². The van der Waals surface area contributed by atoms with E-state index in [1.807, 2.05) is 0 Å². The number of rotatable bonds is 46. The third kappa shape index (κ3) is 45.5. The molecule has 6 nitrogen and oxygen atoms in total. The summed E-state index contributed by atoms with van der Waals surface area (Å²) in [7, 11) is 0. The Morgan fingerprint density at radius 2 is 0.569 bits per heavy atom. The Morgan fingerprint density at radius 1 is 0.328 bits per heavy atom. The highest BCUT2D eigenvalue weighted by molar-refractivity contribution is 5.71. The Morgan fingerprint density at radius 3 is 0.845 bits per heavy atom. The Hall–Kier alpha value is -1.59. The molecule has 0 aromatic heterocycles. The summed E-state index contributed by atoms with van der Waals surface area (Å²) in [5, 5.41) is 0. The van der Waals surface area contributed by atoms with E-state index in [0.29, 0.717) is 19.3 Å². The molecule has 0 saturated heterocycles. The predicted molar refractivity (Wildman–Crippen MR) is 247 cm³/mol. The zero-order valence-electron chi connectivity index (χ0n) is 39.7. The summed E-state index contributed by atoms with van der Waals surface area (Å²) in [6.45, 7) is 11.3. The van der Waals surface area contributed by atoms with E-state index in [2.05, 4.69) is 34.6 Å². The first-order valence-electron chi connectivity index (χ1n) is 25.7. The van der Waals surface area contributed by atoms with Crippen molar-refractivity contribution in [3.05, 3.63) is 0 Å². The first-order valence-corrected chi connectivity index (χ1v) is 25.7. The molecular weight excluding hydrogens is 721 g/mol. The van der Waals surface area contributed by atoms with E-state index in [1.54, 1.807) is 0 Å². The molecule has 6 heteroatoms. The maximum absolute atomic E-state index is 12.8. The normalized spacial score (nSPS) is 12.1. The average molecular weight is 821 g/mol. The number of unbranched alkanes of at least 4 members (excludes halogenated alkanes) is 31. The van der Waals surface area contributed by atoms with Gasteiger partial charge in [-0.15, -0.1) is 0 Å². The first kappa shape index (κ1) is 56.4. The van der Waals surface area contributed by atoms with Crippen LogP contribution in [0.4, 0.5) is 0 Å². The van der Waals surface area contributed by atoms with Crippen LogP contribution in [0.1, 0.15) is 285 Å².